The average Bonchev–Trinajstić information content (AvgIpc) is 3.22. The number of carbonyl (C=O) groups excluding carboxylic acids is 1. The second kappa shape index (κ2) is 6.57. The van der Waals surface area contributed by atoms with Gasteiger partial charge in [-0.25, -0.2) is 0 Å². The lowest BCUT2D eigenvalue weighted by Crippen LogP contribution is -2.22. The van der Waals surface area contributed by atoms with Gasteiger partial charge in [-0.05, 0) is 41.9 Å². The Kier molecular flexibility index (Phi) is 4.13. The molecule has 3 aromatic rings. The van der Waals surface area contributed by atoms with Gasteiger partial charge in [-0.1, -0.05) is 60.7 Å². The first kappa shape index (κ1) is 15.1. The van der Waals surface area contributed by atoms with Gasteiger partial charge >= 0.3 is 0 Å². The van der Waals surface area contributed by atoms with Gasteiger partial charge in [0.15, 0.2) is 0 Å². The molecule has 0 atom stereocenters. The molecule has 24 heavy (non-hydrogen) atoms. The van der Waals surface area contributed by atoms with E-state index in [4.69, 9.17) is 0 Å². The van der Waals surface area contributed by atoms with E-state index in [0.717, 1.165) is 41.1 Å². The molecular weight excluding hydrogens is 316 g/mol. The van der Waals surface area contributed by atoms with Crippen molar-refractivity contribution in [3.63, 3.8) is 0 Å². The van der Waals surface area contributed by atoms with E-state index < -0.39 is 0 Å². The van der Waals surface area contributed by atoms with E-state index >= 15 is 0 Å². The molecular formula is C20H18N2OS. The Morgan fingerprint density at radius 3 is 2.21 bits per heavy atom. The molecule has 4 rings (SSSR count). The average molecular weight is 334 g/mol. The number of carbonyl (C=O) groups is 1. The number of rotatable bonds is 4. The number of fused-ring (bicyclic) bond motifs is 1. The molecule has 2 aromatic carbocycles. The smallest absolute Gasteiger partial charge is 0.237 e. The lowest BCUT2D eigenvalue weighted by Gasteiger charge is -2.17. The van der Waals surface area contributed by atoms with Gasteiger partial charge in [0.05, 0.1) is 11.6 Å². The van der Waals surface area contributed by atoms with Crippen LogP contribution >= 0.6 is 11.5 Å². The largest absolute Gasteiger partial charge is 0.315 e. The second-order valence-corrected chi connectivity index (χ2v) is 6.81. The van der Waals surface area contributed by atoms with Crippen molar-refractivity contribution in [3.8, 4) is 0 Å². The quantitative estimate of drug-likeness (QED) is 0.768. The molecule has 0 bridgehead atoms. The predicted molar refractivity (Wildman–Crippen MR) is 97.5 cm³/mol. The summed E-state index contributed by atoms with van der Waals surface area (Å²) in [5.74, 6) is -0.308. The Bertz CT molecular complexity index is 803. The number of benzene rings is 2. The third-order valence-electron chi connectivity index (χ3n) is 4.47. The zero-order chi connectivity index (χ0) is 16.4. The number of nitrogens with one attached hydrogen (secondary N) is 1. The topological polar surface area (TPSA) is 42.0 Å². The summed E-state index contributed by atoms with van der Waals surface area (Å²) in [5, 5.41) is 4.06. The van der Waals surface area contributed by atoms with Crippen LogP contribution in [0.15, 0.2) is 60.7 Å². The number of hydrogen-bond acceptors (Lipinski definition) is 3. The monoisotopic (exact) mass is 334 g/mol. The van der Waals surface area contributed by atoms with Crippen LogP contribution in [0.2, 0.25) is 0 Å². The third-order valence-corrected chi connectivity index (χ3v) is 5.32. The Labute approximate surface area is 145 Å². The zero-order valence-corrected chi connectivity index (χ0v) is 14.1. The lowest BCUT2D eigenvalue weighted by molar-refractivity contribution is -0.116. The van der Waals surface area contributed by atoms with Crippen molar-refractivity contribution >= 4 is 22.4 Å². The highest BCUT2D eigenvalue weighted by molar-refractivity contribution is 7.10. The predicted octanol–water partition coefficient (Wildman–Crippen LogP) is 4.40. The summed E-state index contributed by atoms with van der Waals surface area (Å²) in [5.41, 5.74) is 4.39. The number of anilines is 1. The van der Waals surface area contributed by atoms with E-state index in [9.17, 15) is 4.79 Å². The number of nitrogens with zero attached hydrogens (tertiary/aromatic N) is 1. The molecule has 1 N–H and O–H groups in total. The molecule has 1 aliphatic carbocycles. The van der Waals surface area contributed by atoms with Crippen LogP contribution in [0.3, 0.4) is 0 Å². The Morgan fingerprint density at radius 1 is 0.958 bits per heavy atom. The molecule has 1 amide bonds. The minimum Gasteiger partial charge on any atom is -0.315 e. The molecule has 0 spiro atoms. The van der Waals surface area contributed by atoms with E-state index in [1.165, 1.54) is 17.1 Å². The van der Waals surface area contributed by atoms with E-state index in [0.29, 0.717) is 0 Å². The van der Waals surface area contributed by atoms with Crippen LogP contribution in [0.5, 0.6) is 0 Å². The van der Waals surface area contributed by atoms with E-state index in [2.05, 4.69) is 9.69 Å². The molecule has 120 valence electrons. The molecule has 1 heterocycles. The molecule has 3 nitrogen and oxygen atoms in total. The number of hydrogen-bond donors (Lipinski definition) is 1. The highest BCUT2D eigenvalue weighted by atomic mass is 32.1. The fourth-order valence-electron chi connectivity index (χ4n) is 3.30. The number of amides is 1. The molecule has 0 unspecified atom stereocenters. The van der Waals surface area contributed by atoms with Crippen LogP contribution in [-0.2, 0) is 17.6 Å². The van der Waals surface area contributed by atoms with Crippen molar-refractivity contribution in [3.05, 3.63) is 83.0 Å². The van der Waals surface area contributed by atoms with Gasteiger partial charge in [-0.15, -0.1) is 0 Å². The van der Waals surface area contributed by atoms with Gasteiger partial charge in [0.25, 0.3) is 0 Å². The van der Waals surface area contributed by atoms with E-state index in [-0.39, 0.29) is 11.8 Å². The van der Waals surface area contributed by atoms with Crippen LogP contribution in [0.25, 0.3) is 0 Å². The standard InChI is InChI=1S/C20H18N2OS/c23-19(21-20-16-12-7-13-17(16)22-24-20)18(14-8-3-1-4-9-14)15-10-5-2-6-11-15/h1-6,8-11,18H,7,12-13H2,(H,21,23). The Balaban J connectivity index is 1.67. The number of aromatic nitrogens is 1. The fraction of sp³-hybridized carbons (Fsp3) is 0.200. The van der Waals surface area contributed by atoms with Crippen LogP contribution in [0.1, 0.15) is 34.7 Å². The first-order valence-electron chi connectivity index (χ1n) is 8.21. The van der Waals surface area contributed by atoms with Crippen LogP contribution in [0.4, 0.5) is 5.00 Å². The maximum Gasteiger partial charge on any atom is 0.237 e. The third kappa shape index (κ3) is 2.85. The first-order chi connectivity index (χ1) is 11.8. The molecule has 1 aliphatic rings. The van der Waals surface area contributed by atoms with Gasteiger partial charge < -0.3 is 5.32 Å². The van der Waals surface area contributed by atoms with Crippen LogP contribution in [0, 0.1) is 0 Å². The molecule has 0 fully saturated rings. The van der Waals surface area contributed by atoms with Gasteiger partial charge in [0.2, 0.25) is 5.91 Å². The van der Waals surface area contributed by atoms with Gasteiger partial charge in [-0.2, -0.15) is 4.37 Å². The summed E-state index contributed by atoms with van der Waals surface area (Å²) in [4.78, 5) is 13.1. The first-order valence-corrected chi connectivity index (χ1v) is 8.98. The molecule has 0 saturated carbocycles. The summed E-state index contributed by atoms with van der Waals surface area (Å²) in [6.07, 6.45) is 3.18. The molecule has 4 heteroatoms. The summed E-state index contributed by atoms with van der Waals surface area (Å²) in [7, 11) is 0. The molecule has 0 saturated heterocycles. The Morgan fingerprint density at radius 2 is 1.58 bits per heavy atom. The fourth-order valence-corrected chi connectivity index (χ4v) is 4.18. The van der Waals surface area contributed by atoms with E-state index in [1.807, 2.05) is 60.7 Å². The second-order valence-electron chi connectivity index (χ2n) is 6.03. The number of aryl methyl sites for hydroxylation is 1. The summed E-state index contributed by atoms with van der Waals surface area (Å²) in [6, 6.07) is 19.9. The molecule has 1 aromatic heterocycles. The van der Waals surface area contributed by atoms with Crippen molar-refractivity contribution in [1.82, 2.24) is 4.37 Å². The minimum absolute atomic E-state index is 0.00532. The van der Waals surface area contributed by atoms with Crippen molar-refractivity contribution in [1.29, 1.82) is 0 Å². The normalized spacial score (nSPS) is 13.0. The van der Waals surface area contributed by atoms with Crippen LogP contribution < -0.4 is 5.32 Å². The van der Waals surface area contributed by atoms with Crippen LogP contribution in [-0.4, -0.2) is 10.3 Å². The van der Waals surface area contributed by atoms with Gasteiger partial charge in [0.1, 0.15) is 5.00 Å². The zero-order valence-electron chi connectivity index (χ0n) is 13.2. The van der Waals surface area contributed by atoms with Crippen molar-refractivity contribution in [2.24, 2.45) is 0 Å². The van der Waals surface area contributed by atoms with Gasteiger partial charge in [-0.3, -0.25) is 4.79 Å². The highest BCUT2D eigenvalue weighted by Gasteiger charge is 2.26. The minimum atomic E-state index is -0.313. The maximum absolute atomic E-state index is 13.1. The SMILES string of the molecule is O=C(Nc1snc2c1CCC2)C(c1ccccc1)c1ccccc1. The molecule has 0 aliphatic heterocycles. The van der Waals surface area contributed by atoms with Crippen molar-refractivity contribution in [2.75, 3.05) is 5.32 Å². The molecule has 0 radical (unpaired) electrons. The summed E-state index contributed by atoms with van der Waals surface area (Å²) in [6.45, 7) is 0. The van der Waals surface area contributed by atoms with Crippen molar-refractivity contribution < 1.29 is 4.79 Å². The Hall–Kier alpha value is -2.46. The maximum atomic E-state index is 13.1. The summed E-state index contributed by atoms with van der Waals surface area (Å²) >= 11 is 1.41. The van der Waals surface area contributed by atoms with Gasteiger partial charge in [0, 0.05) is 5.56 Å². The summed E-state index contributed by atoms with van der Waals surface area (Å²) < 4.78 is 4.48. The van der Waals surface area contributed by atoms with E-state index in [1.54, 1.807) is 0 Å². The highest BCUT2D eigenvalue weighted by Crippen LogP contribution is 2.34. The lowest BCUT2D eigenvalue weighted by atomic mass is 9.90. The van der Waals surface area contributed by atoms with Crippen molar-refractivity contribution in [2.45, 2.75) is 25.2 Å².